The van der Waals surface area contributed by atoms with Crippen LogP contribution >= 0.6 is 0 Å². The van der Waals surface area contributed by atoms with Gasteiger partial charge in [-0.3, -0.25) is 0 Å². The molecule has 0 radical (unpaired) electrons. The molecular weight excluding hydrogens is 552 g/mol. The minimum absolute atomic E-state index is 0.251. The molecule has 2 aromatic rings. The Labute approximate surface area is 261 Å². The molecule has 6 aliphatic rings. The quantitative estimate of drug-likeness (QED) is 0.283. The summed E-state index contributed by atoms with van der Waals surface area (Å²) in [6.07, 6.45) is 12.6. The fourth-order valence-corrected chi connectivity index (χ4v) is 10.7. The summed E-state index contributed by atoms with van der Waals surface area (Å²) in [5, 5.41) is 7.60. The van der Waals surface area contributed by atoms with Crippen LogP contribution in [-0.4, -0.2) is 43.9 Å². The van der Waals surface area contributed by atoms with Crippen LogP contribution in [0.2, 0.25) is 0 Å². The summed E-state index contributed by atoms with van der Waals surface area (Å²) in [7, 11) is 0. The molecule has 7 heteroatoms. The smallest absolute Gasteiger partial charge is 0.455 e. The number of hydrogen-bond acceptors (Lipinski definition) is 7. The lowest BCUT2D eigenvalue weighted by Gasteiger charge is -2.56. The van der Waals surface area contributed by atoms with E-state index >= 15 is 0 Å². The third kappa shape index (κ3) is 4.81. The maximum absolute atomic E-state index is 12.7. The van der Waals surface area contributed by atoms with E-state index in [9.17, 15) is 4.79 Å². The van der Waals surface area contributed by atoms with Gasteiger partial charge in [-0.15, -0.1) is 0 Å². The highest BCUT2D eigenvalue weighted by Crippen LogP contribution is 2.55. The van der Waals surface area contributed by atoms with E-state index in [1.54, 1.807) is 13.8 Å². The van der Waals surface area contributed by atoms with Crippen LogP contribution in [0.25, 0.3) is 0 Å². The predicted molar refractivity (Wildman–Crippen MR) is 168 cm³/mol. The van der Waals surface area contributed by atoms with Gasteiger partial charge < -0.3 is 29.6 Å². The van der Waals surface area contributed by atoms with Gasteiger partial charge in [0.15, 0.2) is 0 Å². The topological polar surface area (TPSA) is 78.1 Å². The first kappa shape index (κ1) is 28.7. The largest absolute Gasteiger partial charge is 0.514 e. The molecule has 2 saturated heterocycles. The van der Waals surface area contributed by atoms with Crippen LogP contribution in [0.15, 0.2) is 36.4 Å². The van der Waals surface area contributed by atoms with Gasteiger partial charge in [0, 0.05) is 36.8 Å². The molecule has 4 bridgehead atoms. The summed E-state index contributed by atoms with van der Waals surface area (Å²) >= 11 is 0. The van der Waals surface area contributed by atoms with E-state index in [1.807, 2.05) is 12.1 Å². The minimum Gasteiger partial charge on any atom is -0.455 e. The van der Waals surface area contributed by atoms with Gasteiger partial charge in [-0.2, -0.15) is 0 Å². The van der Waals surface area contributed by atoms with Crippen molar-refractivity contribution in [2.24, 2.45) is 11.8 Å². The minimum atomic E-state index is -0.791. The number of nitrogens with one attached hydrogen (secondary N) is 2. The van der Waals surface area contributed by atoms with Crippen molar-refractivity contribution >= 4 is 6.16 Å². The summed E-state index contributed by atoms with van der Waals surface area (Å²) < 4.78 is 23.3. The summed E-state index contributed by atoms with van der Waals surface area (Å²) in [5.41, 5.74) is 6.29. The average molecular weight is 601 g/mol. The standard InChI is InChI=1S/C37H48N2O5/c1-23(41-27-11-9-25-19-33-29-7-3-5-13-36(29,15-17-38-33)31(25)21-27)43-35(40)44-24(2)42-28-12-10-26-20-34-30-8-4-6-14-37(30,16-18-39-34)32(26)22-28/h9-12,21-24,29-30,33-34,38-39H,3-8,13-20H2,1-2H3/t23?,24?,29-,30-,33+,34+,36+,37+/m0/s1. The molecular formula is C37H48N2O5. The van der Waals surface area contributed by atoms with Gasteiger partial charge in [0.2, 0.25) is 12.6 Å². The Balaban J connectivity index is 0.901. The Bertz CT molecular complexity index is 1300. The van der Waals surface area contributed by atoms with E-state index < -0.39 is 18.7 Å². The van der Waals surface area contributed by atoms with Gasteiger partial charge in [0.05, 0.1) is 0 Å². The number of rotatable bonds is 6. The first-order valence-electron chi connectivity index (χ1n) is 17.4. The SMILES string of the molecule is CC(OC(=O)OC(C)Oc1ccc2c(c1)[C@@]13CCCC[C@H]1[C@@H](C2)NCC3)Oc1ccc2c(c1)[C@@]13CCCC[C@H]1[C@@H](C2)NCC3. The van der Waals surface area contributed by atoms with Gasteiger partial charge >= 0.3 is 6.16 Å². The monoisotopic (exact) mass is 600 g/mol. The Morgan fingerprint density at radius 2 is 1.18 bits per heavy atom. The van der Waals surface area contributed by atoms with E-state index in [4.69, 9.17) is 18.9 Å². The fraction of sp³-hybridized carbons (Fsp3) is 0.649. The van der Waals surface area contributed by atoms with Gasteiger partial charge in [-0.25, -0.2) is 4.79 Å². The van der Waals surface area contributed by atoms with Crippen LogP contribution in [0.5, 0.6) is 11.5 Å². The van der Waals surface area contributed by atoms with Gasteiger partial charge in [-0.05, 0) is 123 Å². The molecule has 2 heterocycles. The van der Waals surface area contributed by atoms with Crippen LogP contribution in [-0.2, 0) is 33.1 Å². The third-order valence-corrected chi connectivity index (χ3v) is 12.4. The zero-order valence-electron chi connectivity index (χ0n) is 26.4. The molecule has 4 aliphatic carbocycles. The van der Waals surface area contributed by atoms with E-state index in [0.717, 1.165) is 37.4 Å². The van der Waals surface area contributed by atoms with Crippen molar-refractivity contribution in [3.63, 3.8) is 0 Å². The lowest BCUT2D eigenvalue weighted by atomic mass is 9.53. The number of carbonyl (C=O) groups is 1. The summed E-state index contributed by atoms with van der Waals surface area (Å²) in [4.78, 5) is 12.7. The average Bonchev–Trinajstić information content (AvgIpc) is 3.01. The molecule has 2 N–H and O–H groups in total. The Kier molecular flexibility index (Phi) is 7.33. The maximum atomic E-state index is 12.7. The van der Waals surface area contributed by atoms with Crippen molar-refractivity contribution < 1.29 is 23.7 Å². The van der Waals surface area contributed by atoms with E-state index in [2.05, 4.69) is 34.9 Å². The number of carbonyl (C=O) groups excluding carboxylic acids is 1. The first-order chi connectivity index (χ1) is 21.4. The first-order valence-corrected chi connectivity index (χ1v) is 17.4. The van der Waals surface area contributed by atoms with Crippen LogP contribution in [0.1, 0.15) is 100 Å². The lowest BCUT2D eigenvalue weighted by molar-refractivity contribution is -0.0964. The molecule has 8 rings (SSSR count). The Hall–Kier alpha value is -2.77. The fourth-order valence-electron chi connectivity index (χ4n) is 10.7. The van der Waals surface area contributed by atoms with Gasteiger partial charge in [-0.1, -0.05) is 37.8 Å². The number of fused-ring (bicyclic) bond motifs is 2. The second-order valence-corrected chi connectivity index (χ2v) is 14.5. The molecule has 2 aromatic carbocycles. The molecule has 2 saturated carbocycles. The summed E-state index contributed by atoms with van der Waals surface area (Å²) in [6.45, 7) is 5.65. The normalized spacial score (nSPS) is 34.6. The molecule has 0 aromatic heterocycles. The molecule has 0 spiro atoms. The van der Waals surface area contributed by atoms with Crippen molar-refractivity contribution in [1.29, 1.82) is 0 Å². The number of ether oxygens (including phenoxy) is 4. The zero-order chi connectivity index (χ0) is 29.9. The second kappa shape index (κ2) is 11.2. The van der Waals surface area contributed by atoms with E-state index in [-0.39, 0.29) is 10.8 Å². The van der Waals surface area contributed by atoms with Crippen LogP contribution < -0.4 is 20.1 Å². The zero-order valence-corrected chi connectivity index (χ0v) is 26.4. The highest BCUT2D eigenvalue weighted by atomic mass is 16.8. The molecule has 7 nitrogen and oxygen atoms in total. The Morgan fingerprint density at radius 3 is 1.66 bits per heavy atom. The van der Waals surface area contributed by atoms with Crippen LogP contribution in [0, 0.1) is 11.8 Å². The summed E-state index contributed by atoms with van der Waals surface area (Å²) in [5.74, 6) is 2.90. The van der Waals surface area contributed by atoms with Crippen molar-refractivity contribution in [3.05, 3.63) is 58.7 Å². The summed E-state index contributed by atoms with van der Waals surface area (Å²) in [6, 6.07) is 14.1. The molecule has 44 heavy (non-hydrogen) atoms. The van der Waals surface area contributed by atoms with Crippen molar-refractivity contribution in [2.75, 3.05) is 13.1 Å². The number of hydrogen-bond donors (Lipinski definition) is 2. The van der Waals surface area contributed by atoms with Gasteiger partial charge in [0.1, 0.15) is 11.5 Å². The van der Waals surface area contributed by atoms with E-state index in [1.165, 1.54) is 86.5 Å². The lowest BCUT2D eigenvalue weighted by Crippen LogP contribution is -2.59. The van der Waals surface area contributed by atoms with Crippen molar-refractivity contribution in [2.45, 2.75) is 126 Å². The van der Waals surface area contributed by atoms with Crippen LogP contribution in [0.4, 0.5) is 4.79 Å². The van der Waals surface area contributed by atoms with Crippen molar-refractivity contribution in [3.8, 4) is 11.5 Å². The predicted octanol–water partition coefficient (Wildman–Crippen LogP) is 6.68. The van der Waals surface area contributed by atoms with Crippen LogP contribution in [0.3, 0.4) is 0 Å². The Morgan fingerprint density at radius 1 is 0.705 bits per heavy atom. The molecule has 4 fully saturated rings. The third-order valence-electron chi connectivity index (χ3n) is 12.4. The molecule has 236 valence electrons. The number of benzene rings is 2. The molecule has 8 atom stereocenters. The molecule has 2 aliphatic heterocycles. The van der Waals surface area contributed by atoms with Crippen molar-refractivity contribution in [1.82, 2.24) is 10.6 Å². The molecule has 2 unspecified atom stereocenters. The van der Waals surface area contributed by atoms with E-state index in [0.29, 0.717) is 23.9 Å². The van der Waals surface area contributed by atoms with Gasteiger partial charge in [0.25, 0.3) is 0 Å². The number of piperidine rings is 2. The maximum Gasteiger partial charge on any atom is 0.514 e. The second-order valence-electron chi connectivity index (χ2n) is 14.5. The molecule has 0 amide bonds. The highest BCUT2D eigenvalue weighted by molar-refractivity contribution is 5.60. The highest BCUT2D eigenvalue weighted by Gasteiger charge is 2.52.